The SMILES string of the molecule is CO[C@H]1CC[C@H]2[C@@H]3CC=C4C[C@@H](OC(C)=O)CC[C@]4(COC(C)=O)[C@H]3CC[C@]12C. The maximum Gasteiger partial charge on any atom is 0.302 e. The number of rotatable bonds is 4. The molecule has 0 unspecified atom stereocenters. The molecule has 0 aromatic rings. The Hall–Kier alpha value is -1.36. The Morgan fingerprint density at radius 3 is 2.55 bits per heavy atom. The lowest BCUT2D eigenvalue weighted by Crippen LogP contribution is -2.54. The lowest BCUT2D eigenvalue weighted by atomic mass is 9.47. The topological polar surface area (TPSA) is 61.8 Å². The number of methoxy groups -OCH3 is 1. The molecule has 0 N–H and O–H groups in total. The normalized spacial score (nSPS) is 43.4. The van der Waals surface area contributed by atoms with Crippen molar-refractivity contribution in [3.8, 4) is 0 Å². The first-order chi connectivity index (χ1) is 13.8. The summed E-state index contributed by atoms with van der Waals surface area (Å²) in [5, 5.41) is 0. The van der Waals surface area contributed by atoms with Gasteiger partial charge in [-0.3, -0.25) is 9.59 Å². The Kier molecular flexibility index (Phi) is 5.56. The molecule has 5 heteroatoms. The molecule has 5 nitrogen and oxygen atoms in total. The highest BCUT2D eigenvalue weighted by Gasteiger charge is 2.60. The van der Waals surface area contributed by atoms with Crippen LogP contribution in [-0.4, -0.2) is 37.9 Å². The van der Waals surface area contributed by atoms with E-state index in [9.17, 15) is 9.59 Å². The number of carbonyl (C=O) groups is 2. The predicted octanol–water partition coefficient (Wildman–Crippen LogP) is 4.44. The second-order valence-electron chi connectivity index (χ2n) is 10.1. The summed E-state index contributed by atoms with van der Waals surface area (Å²) in [5.74, 6) is 1.42. The molecule has 0 bridgehead atoms. The molecule has 0 aromatic carbocycles. The number of fused-ring (bicyclic) bond motifs is 5. The third-order valence-electron chi connectivity index (χ3n) is 8.85. The maximum atomic E-state index is 11.7. The standard InChI is InChI=1S/C24H36O5/c1-15(25)28-14-24-12-9-18(29-16(2)26)13-17(24)5-6-19-20-7-8-22(27-4)23(20,3)11-10-21(19)24/h5,18-22H,6-14H2,1-4H3/t18-,19-,20-,21-,22-,23-,24+/m0/s1. The third-order valence-corrected chi connectivity index (χ3v) is 8.85. The minimum Gasteiger partial charge on any atom is -0.465 e. The molecule has 4 rings (SSSR count). The number of ether oxygens (including phenoxy) is 3. The van der Waals surface area contributed by atoms with Crippen molar-refractivity contribution in [3.63, 3.8) is 0 Å². The average Bonchev–Trinajstić information content (AvgIpc) is 3.02. The predicted molar refractivity (Wildman–Crippen MR) is 109 cm³/mol. The van der Waals surface area contributed by atoms with E-state index in [0.29, 0.717) is 30.5 Å². The van der Waals surface area contributed by atoms with E-state index in [-0.39, 0.29) is 28.9 Å². The average molecular weight is 405 g/mol. The molecular weight excluding hydrogens is 368 g/mol. The van der Waals surface area contributed by atoms with Crippen LogP contribution in [0.25, 0.3) is 0 Å². The van der Waals surface area contributed by atoms with Crippen molar-refractivity contribution in [3.05, 3.63) is 11.6 Å². The van der Waals surface area contributed by atoms with Crippen LogP contribution >= 0.6 is 0 Å². The summed E-state index contributed by atoms with van der Waals surface area (Å²) >= 11 is 0. The van der Waals surface area contributed by atoms with Crippen molar-refractivity contribution in [2.45, 2.75) is 84.3 Å². The van der Waals surface area contributed by atoms with Gasteiger partial charge >= 0.3 is 11.9 Å². The van der Waals surface area contributed by atoms with E-state index in [1.165, 1.54) is 32.3 Å². The Morgan fingerprint density at radius 1 is 1.07 bits per heavy atom. The van der Waals surface area contributed by atoms with Gasteiger partial charge in [0.25, 0.3) is 0 Å². The van der Waals surface area contributed by atoms with Crippen molar-refractivity contribution in [2.24, 2.45) is 28.6 Å². The second-order valence-corrected chi connectivity index (χ2v) is 10.1. The molecule has 0 aromatic heterocycles. The summed E-state index contributed by atoms with van der Waals surface area (Å²) in [7, 11) is 1.86. The van der Waals surface area contributed by atoms with Crippen LogP contribution in [-0.2, 0) is 23.8 Å². The first kappa shape index (κ1) is 20.9. The number of hydrogen-bond donors (Lipinski definition) is 0. The largest absolute Gasteiger partial charge is 0.465 e. The monoisotopic (exact) mass is 404 g/mol. The molecule has 0 aliphatic heterocycles. The maximum absolute atomic E-state index is 11.7. The van der Waals surface area contributed by atoms with E-state index in [1.807, 2.05) is 7.11 Å². The summed E-state index contributed by atoms with van der Waals surface area (Å²) in [4.78, 5) is 23.2. The second kappa shape index (κ2) is 7.72. The molecule has 29 heavy (non-hydrogen) atoms. The molecule has 0 saturated heterocycles. The first-order valence-electron chi connectivity index (χ1n) is 11.3. The molecular formula is C24H36O5. The van der Waals surface area contributed by atoms with Crippen LogP contribution in [0.5, 0.6) is 0 Å². The summed E-state index contributed by atoms with van der Waals surface area (Å²) in [6.07, 6.45) is 11.1. The van der Waals surface area contributed by atoms with Crippen LogP contribution in [0, 0.1) is 28.6 Å². The van der Waals surface area contributed by atoms with Crippen molar-refractivity contribution >= 4 is 11.9 Å². The fourth-order valence-corrected chi connectivity index (χ4v) is 7.60. The van der Waals surface area contributed by atoms with Gasteiger partial charge in [-0.2, -0.15) is 0 Å². The summed E-state index contributed by atoms with van der Waals surface area (Å²) < 4.78 is 17.1. The molecule has 0 radical (unpaired) electrons. The van der Waals surface area contributed by atoms with Crippen LogP contribution in [0.2, 0.25) is 0 Å². The third kappa shape index (κ3) is 3.43. The quantitative estimate of drug-likeness (QED) is 0.512. The van der Waals surface area contributed by atoms with Crippen LogP contribution in [0.4, 0.5) is 0 Å². The highest BCUT2D eigenvalue weighted by Crippen LogP contribution is 2.65. The van der Waals surface area contributed by atoms with Crippen molar-refractivity contribution in [1.82, 2.24) is 0 Å². The molecule has 4 aliphatic rings. The van der Waals surface area contributed by atoms with E-state index in [4.69, 9.17) is 14.2 Å². The minimum absolute atomic E-state index is 0.0426. The lowest BCUT2D eigenvalue weighted by Gasteiger charge is -2.58. The van der Waals surface area contributed by atoms with E-state index >= 15 is 0 Å². The van der Waals surface area contributed by atoms with E-state index in [2.05, 4.69) is 13.0 Å². The van der Waals surface area contributed by atoms with Gasteiger partial charge < -0.3 is 14.2 Å². The van der Waals surface area contributed by atoms with Gasteiger partial charge in [0.1, 0.15) is 12.7 Å². The van der Waals surface area contributed by atoms with Crippen LogP contribution in [0.15, 0.2) is 11.6 Å². The molecule has 4 aliphatic carbocycles. The van der Waals surface area contributed by atoms with Gasteiger partial charge in [-0.05, 0) is 68.1 Å². The van der Waals surface area contributed by atoms with Crippen molar-refractivity contribution < 1.29 is 23.8 Å². The summed E-state index contributed by atoms with van der Waals surface area (Å²) in [5.41, 5.74) is 1.54. The summed E-state index contributed by atoms with van der Waals surface area (Å²) in [6.45, 7) is 5.90. The van der Waals surface area contributed by atoms with Gasteiger partial charge in [0.05, 0.1) is 6.10 Å². The number of esters is 2. The lowest BCUT2D eigenvalue weighted by molar-refractivity contribution is -0.154. The Balaban J connectivity index is 1.64. The first-order valence-corrected chi connectivity index (χ1v) is 11.3. The molecule has 3 saturated carbocycles. The van der Waals surface area contributed by atoms with Crippen LogP contribution in [0.3, 0.4) is 0 Å². The van der Waals surface area contributed by atoms with Crippen molar-refractivity contribution in [1.29, 1.82) is 0 Å². The van der Waals surface area contributed by atoms with Gasteiger partial charge in [0.2, 0.25) is 0 Å². The zero-order chi connectivity index (χ0) is 20.8. The Labute approximate surface area is 174 Å². The van der Waals surface area contributed by atoms with Crippen LogP contribution < -0.4 is 0 Å². The van der Waals surface area contributed by atoms with E-state index in [0.717, 1.165) is 38.5 Å². The number of allylic oxidation sites excluding steroid dienone is 1. The smallest absolute Gasteiger partial charge is 0.302 e. The molecule has 7 atom stereocenters. The minimum atomic E-state index is -0.207. The van der Waals surface area contributed by atoms with E-state index in [1.54, 1.807) is 0 Å². The fraction of sp³-hybridized carbons (Fsp3) is 0.833. The summed E-state index contributed by atoms with van der Waals surface area (Å²) in [6, 6.07) is 0. The Bertz CT molecular complexity index is 699. The Morgan fingerprint density at radius 2 is 1.86 bits per heavy atom. The highest BCUT2D eigenvalue weighted by atomic mass is 16.5. The van der Waals surface area contributed by atoms with Gasteiger partial charge in [-0.15, -0.1) is 0 Å². The fourth-order valence-electron chi connectivity index (χ4n) is 7.60. The molecule has 0 amide bonds. The number of hydrogen-bond acceptors (Lipinski definition) is 5. The van der Waals surface area contributed by atoms with Crippen molar-refractivity contribution in [2.75, 3.05) is 13.7 Å². The van der Waals surface area contributed by atoms with Gasteiger partial charge in [0, 0.05) is 32.8 Å². The van der Waals surface area contributed by atoms with Gasteiger partial charge in [-0.1, -0.05) is 18.6 Å². The molecule has 162 valence electrons. The van der Waals surface area contributed by atoms with E-state index < -0.39 is 0 Å². The van der Waals surface area contributed by atoms with Gasteiger partial charge in [-0.25, -0.2) is 0 Å². The van der Waals surface area contributed by atoms with Crippen LogP contribution in [0.1, 0.15) is 72.1 Å². The van der Waals surface area contributed by atoms with Gasteiger partial charge in [0.15, 0.2) is 0 Å². The highest BCUT2D eigenvalue weighted by molar-refractivity contribution is 5.66. The number of carbonyl (C=O) groups excluding carboxylic acids is 2. The molecule has 0 spiro atoms. The zero-order valence-electron chi connectivity index (χ0n) is 18.4. The molecule has 3 fully saturated rings. The zero-order valence-corrected chi connectivity index (χ0v) is 18.4. The molecule has 0 heterocycles.